The first-order valence-corrected chi connectivity index (χ1v) is 7.14. The highest BCUT2D eigenvalue weighted by atomic mass is 35.5. The summed E-state index contributed by atoms with van der Waals surface area (Å²) in [7, 11) is 0. The normalized spacial score (nSPS) is 10.1. The second-order valence-electron chi connectivity index (χ2n) is 3.54. The maximum Gasteiger partial charge on any atom is 0.321 e. The Morgan fingerprint density at radius 1 is 1.35 bits per heavy atom. The van der Waals surface area contributed by atoms with Crippen molar-refractivity contribution in [3.05, 3.63) is 27.8 Å². The van der Waals surface area contributed by atoms with Gasteiger partial charge in [-0.2, -0.15) is 0 Å². The summed E-state index contributed by atoms with van der Waals surface area (Å²) in [6, 6.07) is 1.24. The number of nitrogens with one attached hydrogen (secondary N) is 3. The van der Waals surface area contributed by atoms with E-state index in [2.05, 4.69) is 31.1 Å². The molecule has 0 aliphatic carbocycles. The molecule has 106 valence electrons. The molecule has 7 nitrogen and oxygen atoms in total. The van der Waals surface area contributed by atoms with Gasteiger partial charge in [-0.25, -0.2) is 9.78 Å². The highest BCUT2D eigenvalue weighted by Crippen LogP contribution is 2.21. The molecule has 20 heavy (non-hydrogen) atoms. The third-order valence-corrected chi connectivity index (χ3v) is 3.19. The summed E-state index contributed by atoms with van der Waals surface area (Å²) in [6.07, 6.45) is 1.49. The molecule has 0 fully saturated rings. The van der Waals surface area contributed by atoms with Crippen LogP contribution >= 0.6 is 34.5 Å². The standard InChI is InChI=1S/C10H10Cl2N6OS/c11-6-3-7(12)8(15-4-6)13-1-2-14-9(19)17-10-18-16-5-20-10/h3-5H,1-2H2,(H,13,15)(H2,14,17,18,19). The van der Waals surface area contributed by atoms with E-state index in [1.54, 1.807) is 6.07 Å². The summed E-state index contributed by atoms with van der Waals surface area (Å²) < 4.78 is 0. The van der Waals surface area contributed by atoms with Crippen LogP contribution in [-0.4, -0.2) is 34.3 Å². The topological polar surface area (TPSA) is 91.8 Å². The maximum atomic E-state index is 11.5. The first-order valence-electron chi connectivity index (χ1n) is 5.51. The predicted molar refractivity (Wildman–Crippen MR) is 79.7 cm³/mol. The van der Waals surface area contributed by atoms with Gasteiger partial charge in [-0.1, -0.05) is 34.5 Å². The van der Waals surface area contributed by atoms with Crippen LogP contribution in [0.4, 0.5) is 15.7 Å². The molecule has 0 radical (unpaired) electrons. The van der Waals surface area contributed by atoms with Gasteiger partial charge in [0.05, 0.1) is 10.0 Å². The van der Waals surface area contributed by atoms with Crippen molar-refractivity contribution in [1.82, 2.24) is 20.5 Å². The Bertz CT molecular complexity index is 579. The van der Waals surface area contributed by atoms with E-state index in [0.717, 1.165) is 0 Å². The van der Waals surface area contributed by atoms with E-state index in [1.807, 2.05) is 0 Å². The molecule has 0 unspecified atom stereocenters. The van der Waals surface area contributed by atoms with Gasteiger partial charge in [0.25, 0.3) is 0 Å². The molecule has 0 saturated heterocycles. The van der Waals surface area contributed by atoms with Gasteiger partial charge in [0.15, 0.2) is 0 Å². The van der Waals surface area contributed by atoms with Crippen molar-refractivity contribution >= 4 is 51.5 Å². The lowest BCUT2D eigenvalue weighted by atomic mass is 10.4. The molecular weight excluding hydrogens is 323 g/mol. The zero-order valence-corrected chi connectivity index (χ0v) is 12.4. The van der Waals surface area contributed by atoms with Crippen LogP contribution in [0.3, 0.4) is 0 Å². The molecule has 3 N–H and O–H groups in total. The monoisotopic (exact) mass is 332 g/mol. The zero-order chi connectivity index (χ0) is 14.4. The smallest absolute Gasteiger partial charge is 0.321 e. The summed E-state index contributed by atoms with van der Waals surface area (Å²) in [4.78, 5) is 15.5. The molecule has 2 rings (SSSR count). The van der Waals surface area contributed by atoms with E-state index in [4.69, 9.17) is 23.2 Å². The minimum Gasteiger partial charge on any atom is -0.367 e. The van der Waals surface area contributed by atoms with Gasteiger partial charge in [-0.3, -0.25) is 5.32 Å². The number of hydrogen-bond donors (Lipinski definition) is 3. The third-order valence-electron chi connectivity index (χ3n) is 2.09. The van der Waals surface area contributed by atoms with Gasteiger partial charge in [-0.05, 0) is 6.07 Å². The summed E-state index contributed by atoms with van der Waals surface area (Å²) in [5.74, 6) is 0.516. The molecule has 0 atom stereocenters. The molecular formula is C10H10Cl2N6OS. The number of halogens is 2. The number of nitrogens with zero attached hydrogens (tertiary/aromatic N) is 3. The van der Waals surface area contributed by atoms with E-state index in [9.17, 15) is 4.79 Å². The first-order chi connectivity index (χ1) is 9.65. The number of pyridine rings is 1. The van der Waals surface area contributed by atoms with Gasteiger partial charge in [0.2, 0.25) is 5.13 Å². The second-order valence-corrected chi connectivity index (χ2v) is 5.21. The zero-order valence-electron chi connectivity index (χ0n) is 10.1. The van der Waals surface area contributed by atoms with Crippen molar-refractivity contribution in [1.29, 1.82) is 0 Å². The predicted octanol–water partition coefficient (Wildman–Crippen LogP) is 2.47. The summed E-state index contributed by atoms with van der Waals surface area (Å²) in [6.45, 7) is 0.864. The number of hydrogen-bond acceptors (Lipinski definition) is 6. The van der Waals surface area contributed by atoms with E-state index in [0.29, 0.717) is 34.1 Å². The van der Waals surface area contributed by atoms with Gasteiger partial charge < -0.3 is 10.6 Å². The first kappa shape index (κ1) is 14.8. The largest absolute Gasteiger partial charge is 0.367 e. The van der Waals surface area contributed by atoms with Crippen LogP contribution in [0.2, 0.25) is 10.0 Å². The molecule has 2 aromatic heterocycles. The number of carbonyl (C=O) groups excluding carboxylic acids is 1. The highest BCUT2D eigenvalue weighted by Gasteiger charge is 2.04. The van der Waals surface area contributed by atoms with Crippen molar-refractivity contribution < 1.29 is 4.79 Å². The molecule has 0 bridgehead atoms. The summed E-state index contributed by atoms with van der Waals surface area (Å²) in [5.41, 5.74) is 1.53. The number of rotatable bonds is 5. The van der Waals surface area contributed by atoms with Crippen molar-refractivity contribution in [2.45, 2.75) is 0 Å². The van der Waals surface area contributed by atoms with Crippen LogP contribution in [0, 0.1) is 0 Å². The molecule has 0 aromatic carbocycles. The van der Waals surface area contributed by atoms with Crippen molar-refractivity contribution in [3.63, 3.8) is 0 Å². The number of carbonyl (C=O) groups is 1. The molecule has 0 saturated carbocycles. The van der Waals surface area contributed by atoms with Crippen molar-refractivity contribution in [3.8, 4) is 0 Å². The number of anilines is 2. The van der Waals surface area contributed by atoms with E-state index in [-0.39, 0.29) is 6.03 Å². The number of urea groups is 1. The Morgan fingerprint density at radius 3 is 2.90 bits per heavy atom. The lowest BCUT2D eigenvalue weighted by Crippen LogP contribution is -2.32. The molecule has 0 aliphatic heterocycles. The van der Waals surface area contributed by atoms with Crippen LogP contribution in [0.15, 0.2) is 17.8 Å². The fourth-order valence-electron chi connectivity index (χ4n) is 1.27. The second kappa shape index (κ2) is 7.22. The number of amides is 2. The fourth-order valence-corrected chi connectivity index (χ4v) is 2.16. The van der Waals surface area contributed by atoms with Gasteiger partial charge in [0.1, 0.15) is 11.3 Å². The molecule has 2 aromatic rings. The minimum absolute atomic E-state index is 0.348. The maximum absolute atomic E-state index is 11.5. The molecule has 2 heterocycles. The summed E-state index contributed by atoms with van der Waals surface area (Å²) in [5, 5.41) is 16.8. The summed E-state index contributed by atoms with van der Waals surface area (Å²) >= 11 is 12.9. The lowest BCUT2D eigenvalue weighted by Gasteiger charge is -2.08. The van der Waals surface area contributed by atoms with Gasteiger partial charge in [0, 0.05) is 19.3 Å². The van der Waals surface area contributed by atoms with Crippen LogP contribution in [0.25, 0.3) is 0 Å². The van der Waals surface area contributed by atoms with Crippen LogP contribution in [-0.2, 0) is 0 Å². The number of aromatic nitrogens is 3. The fraction of sp³-hybridized carbons (Fsp3) is 0.200. The highest BCUT2D eigenvalue weighted by molar-refractivity contribution is 7.13. The van der Waals surface area contributed by atoms with Crippen LogP contribution in [0.1, 0.15) is 0 Å². The SMILES string of the molecule is O=C(NCCNc1ncc(Cl)cc1Cl)Nc1nncs1. The van der Waals surface area contributed by atoms with E-state index in [1.165, 1.54) is 23.0 Å². The Kier molecular flexibility index (Phi) is 5.33. The van der Waals surface area contributed by atoms with Gasteiger partial charge in [-0.15, -0.1) is 10.2 Å². The minimum atomic E-state index is -0.348. The average molecular weight is 333 g/mol. The Hall–Kier alpha value is -1.64. The quantitative estimate of drug-likeness (QED) is 0.731. The average Bonchev–Trinajstić information content (AvgIpc) is 2.89. The van der Waals surface area contributed by atoms with E-state index >= 15 is 0 Å². The Balaban J connectivity index is 1.69. The molecule has 2 amide bonds. The third kappa shape index (κ3) is 4.48. The van der Waals surface area contributed by atoms with Gasteiger partial charge >= 0.3 is 6.03 Å². The lowest BCUT2D eigenvalue weighted by molar-refractivity contribution is 0.252. The molecule has 10 heteroatoms. The molecule has 0 spiro atoms. The van der Waals surface area contributed by atoms with Crippen LogP contribution < -0.4 is 16.0 Å². The van der Waals surface area contributed by atoms with Crippen molar-refractivity contribution in [2.24, 2.45) is 0 Å². The van der Waals surface area contributed by atoms with Crippen molar-refractivity contribution in [2.75, 3.05) is 23.7 Å². The molecule has 0 aliphatic rings. The van der Waals surface area contributed by atoms with Crippen LogP contribution in [0.5, 0.6) is 0 Å². The van der Waals surface area contributed by atoms with E-state index < -0.39 is 0 Å². The Morgan fingerprint density at radius 2 is 2.20 bits per heavy atom. The Labute approximate surface area is 128 Å².